The molecule has 2 saturated heterocycles. The van der Waals surface area contributed by atoms with E-state index in [0.717, 1.165) is 81.9 Å². The third-order valence-corrected chi connectivity index (χ3v) is 12.6. The van der Waals surface area contributed by atoms with Crippen molar-refractivity contribution in [1.29, 1.82) is 0 Å². The Morgan fingerprint density at radius 3 is 2.09 bits per heavy atom. The molecular weight excluding hydrogens is 717 g/mol. The standard InChI is InChI=1S/C42H49F2N9O3/c1-23(2)36(45)40(54)51-15-3-5-32(51)38-48-21-30(50-38)26-7-9-28-34-18-27-17-25(8-10-31(27)53(34)22-56-35(28)19-26)29-20-47-39(49-29)33-6-4-16-52(33)41(55)37(46)24-11-13-42(43,44)14-12-24/h7-10,17-21,23-24,32-33,36-37H,3-6,11-16,22,45-46H2,1-2H3,(H,47,49)(H,48,50). The number of aromatic amines is 2. The van der Waals surface area contributed by atoms with E-state index in [1.807, 2.05) is 31.0 Å². The van der Waals surface area contributed by atoms with Gasteiger partial charge in [-0.25, -0.2) is 18.7 Å². The first-order valence-corrected chi connectivity index (χ1v) is 20.0. The number of halogens is 2. The Bertz CT molecular complexity index is 2280. The summed E-state index contributed by atoms with van der Waals surface area (Å²) in [6, 6.07) is 13.0. The topological polar surface area (TPSA) is 164 Å². The first-order valence-electron chi connectivity index (χ1n) is 20.0. The van der Waals surface area contributed by atoms with Crippen molar-refractivity contribution in [3.63, 3.8) is 0 Å². The van der Waals surface area contributed by atoms with Crippen molar-refractivity contribution in [1.82, 2.24) is 34.3 Å². The van der Waals surface area contributed by atoms with Crippen LogP contribution in [0, 0.1) is 11.8 Å². The van der Waals surface area contributed by atoms with Crippen molar-refractivity contribution in [2.24, 2.45) is 23.3 Å². The number of likely N-dealkylation sites (tertiary alicyclic amines) is 2. The van der Waals surface area contributed by atoms with Crippen LogP contribution >= 0.6 is 0 Å². The van der Waals surface area contributed by atoms with Crippen molar-refractivity contribution < 1.29 is 23.1 Å². The van der Waals surface area contributed by atoms with E-state index >= 15 is 0 Å². The third-order valence-electron chi connectivity index (χ3n) is 12.6. The summed E-state index contributed by atoms with van der Waals surface area (Å²) < 4.78 is 36.0. The van der Waals surface area contributed by atoms with Gasteiger partial charge in [-0.3, -0.25) is 9.59 Å². The van der Waals surface area contributed by atoms with Crippen LogP contribution in [0.3, 0.4) is 0 Å². The van der Waals surface area contributed by atoms with Gasteiger partial charge in [-0.2, -0.15) is 0 Å². The predicted octanol–water partition coefficient (Wildman–Crippen LogP) is 6.90. The average molecular weight is 766 g/mol. The van der Waals surface area contributed by atoms with E-state index in [4.69, 9.17) is 26.2 Å². The van der Waals surface area contributed by atoms with Gasteiger partial charge in [0.25, 0.3) is 0 Å². The maximum Gasteiger partial charge on any atom is 0.248 e. The van der Waals surface area contributed by atoms with Crippen LogP contribution in [0.25, 0.3) is 44.7 Å². The fourth-order valence-corrected chi connectivity index (χ4v) is 9.18. The maximum absolute atomic E-state index is 13.8. The molecule has 0 bridgehead atoms. The second kappa shape index (κ2) is 14.1. The van der Waals surface area contributed by atoms with Crippen LogP contribution in [-0.2, 0) is 16.3 Å². The lowest BCUT2D eigenvalue weighted by atomic mass is 9.82. The van der Waals surface area contributed by atoms with Gasteiger partial charge in [0.15, 0.2) is 6.73 Å². The summed E-state index contributed by atoms with van der Waals surface area (Å²) in [6.07, 6.45) is 7.07. The first-order chi connectivity index (χ1) is 27.0. The molecule has 9 rings (SSSR count). The van der Waals surface area contributed by atoms with Crippen molar-refractivity contribution >= 4 is 22.7 Å². The van der Waals surface area contributed by atoms with Crippen molar-refractivity contribution in [3.05, 3.63) is 66.5 Å². The van der Waals surface area contributed by atoms with Gasteiger partial charge in [0.1, 0.15) is 17.4 Å². The van der Waals surface area contributed by atoms with Gasteiger partial charge >= 0.3 is 0 Å². The Morgan fingerprint density at radius 1 is 0.839 bits per heavy atom. The molecule has 56 heavy (non-hydrogen) atoms. The highest BCUT2D eigenvalue weighted by Crippen LogP contribution is 2.42. The van der Waals surface area contributed by atoms with Gasteiger partial charge in [-0.05, 0) is 80.7 Å². The minimum Gasteiger partial charge on any atom is -0.472 e. The monoisotopic (exact) mass is 765 g/mol. The normalized spacial score (nSPS) is 22.0. The number of imidazole rings is 2. The number of H-pyrrole nitrogens is 2. The van der Waals surface area contributed by atoms with Crippen LogP contribution in [0.1, 0.15) is 88.9 Å². The lowest BCUT2D eigenvalue weighted by Crippen LogP contribution is -2.49. The molecule has 14 heteroatoms. The molecule has 4 unspecified atom stereocenters. The number of fused-ring (bicyclic) bond motifs is 5. The van der Waals surface area contributed by atoms with Crippen LogP contribution in [-0.4, -0.2) is 77.2 Å². The van der Waals surface area contributed by atoms with Gasteiger partial charge in [0.2, 0.25) is 17.7 Å². The molecule has 0 radical (unpaired) electrons. The van der Waals surface area contributed by atoms with E-state index < -0.39 is 18.0 Å². The number of nitrogens with zero attached hydrogens (tertiary/aromatic N) is 5. The highest BCUT2D eigenvalue weighted by atomic mass is 19.3. The summed E-state index contributed by atoms with van der Waals surface area (Å²) >= 11 is 0. The highest BCUT2D eigenvalue weighted by Gasteiger charge is 2.42. The average Bonchev–Trinajstić information content (AvgIpc) is 4.05. The molecule has 0 spiro atoms. The van der Waals surface area contributed by atoms with Gasteiger partial charge in [-0.1, -0.05) is 26.0 Å². The Labute approximate surface area is 324 Å². The number of alkyl halides is 2. The molecule has 6 N–H and O–H groups in total. The second-order valence-corrected chi connectivity index (χ2v) is 16.4. The molecule has 4 aliphatic rings. The van der Waals surface area contributed by atoms with Crippen molar-refractivity contribution in [3.8, 4) is 39.5 Å². The number of carbonyl (C=O) groups is 2. The summed E-state index contributed by atoms with van der Waals surface area (Å²) in [6.45, 7) is 5.55. The number of hydrogen-bond acceptors (Lipinski definition) is 7. The van der Waals surface area contributed by atoms with Crippen LogP contribution < -0.4 is 16.2 Å². The molecule has 3 aliphatic heterocycles. The van der Waals surface area contributed by atoms with Crippen molar-refractivity contribution in [2.75, 3.05) is 13.1 Å². The molecule has 1 saturated carbocycles. The lowest BCUT2D eigenvalue weighted by Gasteiger charge is -2.34. The SMILES string of the molecule is CC(C)C(N)C(=O)N1CCCC1c1ncc(-c2ccc3c(c2)OCn2c-3cc3cc(-c4cnc(C5CCCN5C(=O)C(N)C5CCC(F)(F)CC5)[nH]4)ccc32)[nH]1. The van der Waals surface area contributed by atoms with Crippen LogP contribution in [0.5, 0.6) is 5.75 Å². The summed E-state index contributed by atoms with van der Waals surface area (Å²) in [5.41, 5.74) is 19.3. The number of aromatic nitrogens is 5. The number of nitrogens with two attached hydrogens (primary N) is 2. The number of benzene rings is 2. The predicted molar refractivity (Wildman–Crippen MR) is 208 cm³/mol. The highest BCUT2D eigenvalue weighted by molar-refractivity contribution is 5.92. The largest absolute Gasteiger partial charge is 0.472 e. The molecule has 3 aromatic heterocycles. The summed E-state index contributed by atoms with van der Waals surface area (Å²) in [4.78, 5) is 46.7. The first kappa shape index (κ1) is 36.6. The van der Waals surface area contributed by atoms with E-state index in [0.29, 0.717) is 25.6 Å². The molecule has 2 amide bonds. The van der Waals surface area contributed by atoms with Gasteiger partial charge in [0, 0.05) is 48.0 Å². The summed E-state index contributed by atoms with van der Waals surface area (Å²) in [5, 5.41) is 1.06. The number of ether oxygens (including phenoxy) is 1. The molecule has 5 aromatic rings. The smallest absolute Gasteiger partial charge is 0.248 e. The zero-order valence-corrected chi connectivity index (χ0v) is 31.8. The lowest BCUT2D eigenvalue weighted by molar-refractivity contribution is -0.136. The van der Waals surface area contributed by atoms with Crippen molar-refractivity contribution in [2.45, 2.75) is 102 Å². The summed E-state index contributed by atoms with van der Waals surface area (Å²) in [5.74, 6) is -0.785. The number of hydrogen-bond donors (Lipinski definition) is 4. The summed E-state index contributed by atoms with van der Waals surface area (Å²) in [7, 11) is 0. The quantitative estimate of drug-likeness (QED) is 0.134. The van der Waals surface area contributed by atoms with Gasteiger partial charge < -0.3 is 40.5 Å². The molecule has 1 aliphatic carbocycles. The Hall–Kier alpha value is -5.08. The van der Waals surface area contributed by atoms with Gasteiger partial charge in [-0.15, -0.1) is 0 Å². The molecule has 3 fully saturated rings. The fourth-order valence-electron chi connectivity index (χ4n) is 9.18. The van der Waals surface area contributed by atoms with Gasteiger partial charge in [0.05, 0.1) is 59.2 Å². The molecule has 4 atom stereocenters. The number of rotatable bonds is 8. The van der Waals surface area contributed by atoms with E-state index in [1.54, 1.807) is 11.1 Å². The third kappa shape index (κ3) is 6.46. The Kier molecular flexibility index (Phi) is 9.23. The molecule has 2 aromatic carbocycles. The number of amides is 2. The Balaban J connectivity index is 0.914. The molecule has 294 valence electrons. The molecular formula is C42H49F2N9O3. The zero-order valence-electron chi connectivity index (χ0n) is 31.8. The second-order valence-electron chi connectivity index (χ2n) is 16.4. The fraction of sp³-hybridized carbons (Fsp3) is 0.476. The minimum absolute atomic E-state index is 0.0277. The van der Waals surface area contributed by atoms with Crippen LogP contribution in [0.4, 0.5) is 8.78 Å². The maximum atomic E-state index is 13.8. The number of nitrogens with one attached hydrogen (secondary N) is 2. The molecule has 12 nitrogen and oxygen atoms in total. The molecule has 6 heterocycles. The Morgan fingerprint density at radius 2 is 1.45 bits per heavy atom. The zero-order chi connectivity index (χ0) is 38.9. The minimum atomic E-state index is -2.66. The van der Waals surface area contributed by atoms with Crippen LogP contribution in [0.2, 0.25) is 0 Å². The van der Waals surface area contributed by atoms with E-state index in [2.05, 4.69) is 50.9 Å². The van der Waals surface area contributed by atoms with E-state index in [1.165, 1.54) is 0 Å². The number of carbonyl (C=O) groups excluding carboxylic acids is 2. The van der Waals surface area contributed by atoms with E-state index in [9.17, 15) is 18.4 Å². The van der Waals surface area contributed by atoms with E-state index in [-0.39, 0.29) is 61.4 Å². The van der Waals surface area contributed by atoms with Crippen LogP contribution in [0.15, 0.2) is 54.9 Å².